The third-order valence-electron chi connectivity index (χ3n) is 5.10. The number of nitrogens with zero attached hydrogens (tertiary/aromatic N) is 1. The smallest absolute Gasteiger partial charge is 0.223 e. The van der Waals surface area contributed by atoms with Gasteiger partial charge < -0.3 is 24.8 Å². The highest BCUT2D eigenvalue weighted by atomic mass is 16.5. The summed E-state index contributed by atoms with van der Waals surface area (Å²) in [6.07, 6.45) is 1.08. The van der Waals surface area contributed by atoms with Gasteiger partial charge in [0.25, 0.3) is 0 Å². The van der Waals surface area contributed by atoms with Crippen LogP contribution in [0.3, 0.4) is 0 Å². The van der Waals surface area contributed by atoms with E-state index in [-0.39, 0.29) is 24.5 Å². The number of hydrogen-bond acceptors (Lipinski definition) is 5. The average molecular weight is 413 g/mol. The van der Waals surface area contributed by atoms with Crippen LogP contribution in [0.25, 0.3) is 0 Å². The zero-order valence-electron chi connectivity index (χ0n) is 17.8. The molecular formula is C24H32N2O4. The second-order valence-electron chi connectivity index (χ2n) is 8.09. The Morgan fingerprint density at radius 2 is 1.63 bits per heavy atom. The molecule has 0 aliphatic carbocycles. The normalized spacial score (nSPS) is 16.3. The van der Waals surface area contributed by atoms with Gasteiger partial charge in [-0.2, -0.15) is 0 Å². The Hall–Kier alpha value is -2.57. The van der Waals surface area contributed by atoms with Crippen LogP contribution in [-0.4, -0.2) is 54.3 Å². The molecule has 1 atom stereocenters. The van der Waals surface area contributed by atoms with Crippen molar-refractivity contribution in [1.29, 1.82) is 0 Å². The lowest BCUT2D eigenvalue weighted by molar-refractivity contribution is -0.127. The first kappa shape index (κ1) is 22.1. The highest BCUT2D eigenvalue weighted by Gasteiger charge is 2.26. The van der Waals surface area contributed by atoms with Crippen molar-refractivity contribution >= 4 is 5.91 Å². The van der Waals surface area contributed by atoms with E-state index < -0.39 is 6.10 Å². The molecule has 0 radical (unpaired) electrons. The van der Waals surface area contributed by atoms with Crippen molar-refractivity contribution in [2.24, 2.45) is 5.92 Å². The van der Waals surface area contributed by atoms with Crippen LogP contribution in [0.1, 0.15) is 26.7 Å². The zero-order chi connectivity index (χ0) is 21.3. The fourth-order valence-electron chi connectivity index (χ4n) is 3.55. The van der Waals surface area contributed by atoms with Crippen molar-refractivity contribution in [2.45, 2.75) is 38.8 Å². The summed E-state index contributed by atoms with van der Waals surface area (Å²) in [6, 6.07) is 17.2. The number of benzene rings is 2. The molecule has 162 valence electrons. The van der Waals surface area contributed by atoms with Gasteiger partial charge in [0, 0.05) is 18.5 Å². The topological polar surface area (TPSA) is 71.0 Å². The summed E-state index contributed by atoms with van der Waals surface area (Å²) in [5, 5.41) is 13.3. The van der Waals surface area contributed by atoms with Crippen LogP contribution < -0.4 is 14.8 Å². The van der Waals surface area contributed by atoms with Crippen molar-refractivity contribution in [3.8, 4) is 17.2 Å². The van der Waals surface area contributed by atoms with Gasteiger partial charge in [0.2, 0.25) is 5.91 Å². The summed E-state index contributed by atoms with van der Waals surface area (Å²) in [7, 11) is 0. The number of nitrogens with one attached hydrogen (secondary N) is 1. The molecule has 1 unspecified atom stereocenters. The Morgan fingerprint density at radius 1 is 1.03 bits per heavy atom. The zero-order valence-corrected chi connectivity index (χ0v) is 17.8. The summed E-state index contributed by atoms with van der Waals surface area (Å²) in [6.45, 7) is 6.37. The quantitative estimate of drug-likeness (QED) is 0.660. The van der Waals surface area contributed by atoms with Crippen LogP contribution in [0, 0.1) is 5.92 Å². The van der Waals surface area contributed by atoms with Gasteiger partial charge in [0.05, 0.1) is 0 Å². The lowest BCUT2D eigenvalue weighted by Crippen LogP contribution is -2.45. The number of carbonyl (C=O) groups is 1. The van der Waals surface area contributed by atoms with Gasteiger partial charge in [-0.15, -0.1) is 0 Å². The summed E-state index contributed by atoms with van der Waals surface area (Å²) in [4.78, 5) is 14.3. The van der Waals surface area contributed by atoms with E-state index >= 15 is 0 Å². The van der Waals surface area contributed by atoms with Gasteiger partial charge in [-0.05, 0) is 76.2 Å². The van der Waals surface area contributed by atoms with E-state index in [9.17, 15) is 9.90 Å². The van der Waals surface area contributed by atoms with Crippen LogP contribution in [0.2, 0.25) is 0 Å². The largest absolute Gasteiger partial charge is 0.491 e. The number of piperidine rings is 1. The van der Waals surface area contributed by atoms with Crippen LogP contribution in [0.15, 0.2) is 54.6 Å². The van der Waals surface area contributed by atoms with Gasteiger partial charge in [-0.1, -0.05) is 18.2 Å². The fraction of sp³-hybridized carbons (Fsp3) is 0.458. The minimum absolute atomic E-state index is 0.0775. The van der Waals surface area contributed by atoms with Gasteiger partial charge >= 0.3 is 0 Å². The van der Waals surface area contributed by atoms with Crippen LogP contribution in [-0.2, 0) is 4.79 Å². The van der Waals surface area contributed by atoms with E-state index in [1.165, 1.54) is 0 Å². The van der Waals surface area contributed by atoms with Crippen LogP contribution >= 0.6 is 0 Å². The van der Waals surface area contributed by atoms with Gasteiger partial charge in [0.15, 0.2) is 0 Å². The van der Waals surface area contributed by atoms with Crippen molar-refractivity contribution in [3.63, 3.8) is 0 Å². The van der Waals surface area contributed by atoms with Gasteiger partial charge in [-0.3, -0.25) is 4.79 Å². The van der Waals surface area contributed by atoms with E-state index in [0.29, 0.717) is 12.3 Å². The maximum Gasteiger partial charge on any atom is 0.223 e. The molecule has 1 fully saturated rings. The molecule has 3 rings (SSSR count). The molecular weight excluding hydrogens is 380 g/mol. The Labute approximate surface area is 178 Å². The lowest BCUT2D eigenvalue weighted by Gasteiger charge is -2.32. The van der Waals surface area contributed by atoms with Crippen LogP contribution in [0.4, 0.5) is 0 Å². The third-order valence-corrected chi connectivity index (χ3v) is 5.10. The summed E-state index contributed by atoms with van der Waals surface area (Å²) >= 11 is 0. The first-order valence-corrected chi connectivity index (χ1v) is 10.7. The van der Waals surface area contributed by atoms with Crippen molar-refractivity contribution in [3.05, 3.63) is 54.6 Å². The molecule has 1 amide bonds. The van der Waals surface area contributed by atoms with Crippen molar-refractivity contribution in [2.75, 3.05) is 26.2 Å². The molecule has 0 aromatic heterocycles. The molecule has 1 aliphatic rings. The first-order valence-electron chi connectivity index (χ1n) is 10.7. The number of aliphatic hydroxyl groups is 1. The molecule has 0 saturated carbocycles. The molecule has 6 nitrogen and oxygen atoms in total. The second-order valence-corrected chi connectivity index (χ2v) is 8.09. The van der Waals surface area contributed by atoms with Crippen molar-refractivity contribution in [1.82, 2.24) is 10.2 Å². The predicted molar refractivity (Wildman–Crippen MR) is 117 cm³/mol. The number of β-amino-alcohol motifs (C(OH)–C–C–N with tert-alkyl or cyclic N) is 1. The van der Waals surface area contributed by atoms with E-state index in [4.69, 9.17) is 9.47 Å². The molecule has 0 spiro atoms. The minimum atomic E-state index is -0.578. The van der Waals surface area contributed by atoms with E-state index in [1.54, 1.807) is 0 Å². The number of rotatable bonds is 9. The molecule has 1 saturated heterocycles. The van der Waals surface area contributed by atoms with Gasteiger partial charge in [-0.25, -0.2) is 0 Å². The Balaban J connectivity index is 1.37. The number of likely N-dealkylation sites (tertiary alicyclic amines) is 1. The highest BCUT2D eigenvalue weighted by Crippen LogP contribution is 2.24. The number of aliphatic hydroxyl groups excluding tert-OH is 1. The lowest BCUT2D eigenvalue weighted by atomic mass is 9.95. The number of para-hydroxylation sites is 1. The summed E-state index contributed by atoms with van der Waals surface area (Å²) in [5.41, 5.74) is 0. The maximum absolute atomic E-state index is 12.1. The maximum atomic E-state index is 12.1. The Bertz CT molecular complexity index is 772. The standard InChI is InChI=1S/C24H32N2O4/c1-18(2)25-24(28)19-12-14-26(15-13-19)16-20(27)17-29-21-8-10-23(11-9-21)30-22-6-4-3-5-7-22/h3-11,18-20,27H,12-17H2,1-2H3,(H,25,28). The fourth-order valence-corrected chi connectivity index (χ4v) is 3.55. The predicted octanol–water partition coefficient (Wildman–Crippen LogP) is 3.46. The number of amides is 1. The molecule has 30 heavy (non-hydrogen) atoms. The number of ether oxygens (including phenoxy) is 2. The molecule has 1 heterocycles. The average Bonchev–Trinajstić information content (AvgIpc) is 2.74. The molecule has 2 aromatic carbocycles. The van der Waals surface area contributed by atoms with E-state index in [0.717, 1.165) is 37.4 Å². The third kappa shape index (κ3) is 7.04. The molecule has 1 aliphatic heterocycles. The SMILES string of the molecule is CC(C)NC(=O)C1CCN(CC(O)COc2ccc(Oc3ccccc3)cc2)CC1. The second kappa shape index (κ2) is 11.0. The Morgan fingerprint density at radius 3 is 2.27 bits per heavy atom. The monoisotopic (exact) mass is 412 g/mol. The molecule has 2 aromatic rings. The van der Waals surface area contributed by atoms with E-state index in [2.05, 4.69) is 10.2 Å². The summed E-state index contributed by atoms with van der Waals surface area (Å²) < 4.78 is 11.5. The highest BCUT2D eigenvalue weighted by molar-refractivity contribution is 5.78. The van der Waals surface area contributed by atoms with Gasteiger partial charge in [0.1, 0.15) is 30.0 Å². The Kier molecular flexibility index (Phi) is 8.11. The first-order chi connectivity index (χ1) is 14.5. The molecule has 6 heteroatoms. The molecule has 0 bridgehead atoms. The van der Waals surface area contributed by atoms with Crippen molar-refractivity contribution < 1.29 is 19.4 Å². The minimum Gasteiger partial charge on any atom is -0.491 e. The number of hydrogen-bond donors (Lipinski definition) is 2. The number of carbonyl (C=O) groups excluding carboxylic acids is 1. The van der Waals surface area contributed by atoms with E-state index in [1.807, 2.05) is 68.4 Å². The van der Waals surface area contributed by atoms with Crippen LogP contribution in [0.5, 0.6) is 17.2 Å². The molecule has 2 N–H and O–H groups in total. The summed E-state index contributed by atoms with van der Waals surface area (Å²) in [5.74, 6) is 2.44.